The number of hydrogen-bond acceptors (Lipinski definition) is 3. The van der Waals surface area contributed by atoms with Crippen LogP contribution in [0.25, 0.3) is 6.08 Å². The number of benzene rings is 1. The van der Waals surface area contributed by atoms with Crippen molar-refractivity contribution < 1.29 is 4.79 Å². The number of hydrogen-bond donors (Lipinski definition) is 1. The van der Waals surface area contributed by atoms with Gasteiger partial charge in [0.2, 0.25) is 5.91 Å². The Balaban J connectivity index is 1.83. The fraction of sp³-hybridized carbons (Fsp3) is 0.444. The van der Waals surface area contributed by atoms with Gasteiger partial charge in [-0.2, -0.15) is 0 Å². The van der Waals surface area contributed by atoms with E-state index >= 15 is 0 Å². The normalized spacial score (nSPS) is 33.4. The van der Waals surface area contributed by atoms with E-state index in [1.165, 1.54) is 34.4 Å². The molecule has 0 saturated heterocycles. The fourth-order valence-electron chi connectivity index (χ4n) is 4.13. The number of nitrogens with zero attached hydrogens (tertiary/aromatic N) is 2. The largest absolute Gasteiger partial charge is 0.369 e. The second kappa shape index (κ2) is 4.45. The van der Waals surface area contributed by atoms with Crippen LogP contribution in [0.15, 0.2) is 34.8 Å². The number of carbonyl (C=O) groups excluding carboxylic acids is 1. The molecule has 3 aliphatic rings. The zero-order chi connectivity index (χ0) is 15.5. The van der Waals surface area contributed by atoms with Crippen LogP contribution in [0.5, 0.6) is 0 Å². The van der Waals surface area contributed by atoms with Crippen molar-refractivity contribution in [3.05, 3.63) is 41.0 Å². The van der Waals surface area contributed by atoms with Gasteiger partial charge in [-0.05, 0) is 48.3 Å². The van der Waals surface area contributed by atoms with Crippen LogP contribution in [-0.4, -0.2) is 29.4 Å². The van der Waals surface area contributed by atoms with E-state index in [4.69, 9.17) is 10.7 Å². The van der Waals surface area contributed by atoms with E-state index in [-0.39, 0.29) is 5.91 Å². The van der Waals surface area contributed by atoms with Crippen molar-refractivity contribution in [3.63, 3.8) is 0 Å². The molecule has 4 rings (SSSR count). The Morgan fingerprint density at radius 2 is 2.00 bits per heavy atom. The Morgan fingerprint density at radius 3 is 2.68 bits per heavy atom. The monoisotopic (exact) mass is 295 g/mol. The molecule has 1 aliphatic heterocycles. The van der Waals surface area contributed by atoms with Gasteiger partial charge in [-0.25, -0.2) is 4.99 Å². The van der Waals surface area contributed by atoms with Crippen LogP contribution >= 0.6 is 0 Å². The third-order valence-electron chi connectivity index (χ3n) is 5.58. The molecule has 3 atom stereocenters. The van der Waals surface area contributed by atoms with Crippen molar-refractivity contribution in [2.75, 3.05) is 7.05 Å². The summed E-state index contributed by atoms with van der Waals surface area (Å²) in [5.74, 6) is 1.46. The maximum Gasteiger partial charge on any atom is 0.231 e. The zero-order valence-electron chi connectivity index (χ0n) is 13.0. The first-order chi connectivity index (χ1) is 10.5. The molecule has 1 saturated carbocycles. The second-order valence-electron chi connectivity index (χ2n) is 6.89. The van der Waals surface area contributed by atoms with Crippen LogP contribution in [0.2, 0.25) is 0 Å². The maximum atomic E-state index is 12.3. The molecule has 2 N–H and O–H groups in total. The molecular weight excluding hydrogens is 274 g/mol. The molecule has 2 aliphatic carbocycles. The van der Waals surface area contributed by atoms with E-state index in [0.29, 0.717) is 24.2 Å². The summed E-state index contributed by atoms with van der Waals surface area (Å²) in [7, 11) is 1.69. The van der Waals surface area contributed by atoms with Gasteiger partial charge in [0.05, 0.1) is 12.0 Å². The zero-order valence-corrected chi connectivity index (χ0v) is 13.0. The number of fused-ring (bicyclic) bond motifs is 3. The standard InChI is InChI=1S/C18H21N3O/c1-18(10-16(22)21(2)17(19)20-18)15-9-11-5-3-4-6-12(11)13-7-8-14(13)15/h3-6,9,13-14H,7-8,10H2,1-2H3,(H2,19,20)/t13?,14?,18-/m0/s1. The van der Waals surface area contributed by atoms with Crippen LogP contribution in [-0.2, 0) is 4.79 Å². The van der Waals surface area contributed by atoms with Gasteiger partial charge < -0.3 is 5.73 Å². The van der Waals surface area contributed by atoms with Gasteiger partial charge in [-0.3, -0.25) is 9.69 Å². The Labute approximate surface area is 130 Å². The molecule has 1 fully saturated rings. The molecule has 1 aromatic rings. The van der Waals surface area contributed by atoms with Crippen LogP contribution in [0.1, 0.15) is 43.2 Å². The fourth-order valence-corrected chi connectivity index (χ4v) is 4.13. The van der Waals surface area contributed by atoms with E-state index in [2.05, 4.69) is 37.3 Å². The Morgan fingerprint density at radius 1 is 1.27 bits per heavy atom. The summed E-state index contributed by atoms with van der Waals surface area (Å²) < 4.78 is 0. The minimum absolute atomic E-state index is 0.0469. The highest BCUT2D eigenvalue weighted by Gasteiger charge is 2.47. The SMILES string of the molecule is CN1C(=O)C[C@@](C)(C2=Cc3ccccc3C3CCC23)N=C1N. The quantitative estimate of drug-likeness (QED) is 0.865. The third kappa shape index (κ3) is 1.76. The summed E-state index contributed by atoms with van der Waals surface area (Å²) in [5, 5.41) is 0. The molecule has 1 heterocycles. The van der Waals surface area contributed by atoms with Gasteiger partial charge in [0.15, 0.2) is 5.96 Å². The summed E-state index contributed by atoms with van der Waals surface area (Å²) in [6.45, 7) is 2.06. The van der Waals surface area contributed by atoms with Crippen molar-refractivity contribution in [1.29, 1.82) is 0 Å². The lowest BCUT2D eigenvalue weighted by Gasteiger charge is -2.48. The Kier molecular flexibility index (Phi) is 2.74. The molecule has 22 heavy (non-hydrogen) atoms. The van der Waals surface area contributed by atoms with Gasteiger partial charge >= 0.3 is 0 Å². The molecule has 0 radical (unpaired) electrons. The molecule has 0 spiro atoms. The first-order valence-corrected chi connectivity index (χ1v) is 7.92. The number of amides is 1. The number of carbonyl (C=O) groups is 1. The molecule has 4 heteroatoms. The average molecular weight is 295 g/mol. The van der Waals surface area contributed by atoms with Crippen LogP contribution in [0.3, 0.4) is 0 Å². The first-order valence-electron chi connectivity index (χ1n) is 7.92. The summed E-state index contributed by atoms with van der Waals surface area (Å²) >= 11 is 0. The molecule has 1 amide bonds. The first kappa shape index (κ1) is 13.6. The summed E-state index contributed by atoms with van der Waals surface area (Å²) in [6, 6.07) is 8.59. The predicted molar refractivity (Wildman–Crippen MR) is 87.3 cm³/mol. The second-order valence-corrected chi connectivity index (χ2v) is 6.89. The number of nitrogens with two attached hydrogens (primary N) is 1. The van der Waals surface area contributed by atoms with E-state index in [0.717, 1.165) is 0 Å². The summed E-state index contributed by atoms with van der Waals surface area (Å²) in [5.41, 5.74) is 9.48. The summed E-state index contributed by atoms with van der Waals surface area (Å²) in [4.78, 5) is 18.4. The predicted octanol–water partition coefficient (Wildman–Crippen LogP) is 2.51. The van der Waals surface area contributed by atoms with Crippen LogP contribution < -0.4 is 5.73 Å². The average Bonchev–Trinajstić information content (AvgIpc) is 2.44. The minimum Gasteiger partial charge on any atom is -0.369 e. The lowest BCUT2D eigenvalue weighted by Crippen LogP contribution is -2.51. The van der Waals surface area contributed by atoms with Gasteiger partial charge in [-0.1, -0.05) is 30.3 Å². The lowest BCUT2D eigenvalue weighted by molar-refractivity contribution is -0.128. The van der Waals surface area contributed by atoms with Crippen molar-refractivity contribution >= 4 is 17.9 Å². The highest BCUT2D eigenvalue weighted by atomic mass is 16.2. The molecule has 2 unspecified atom stereocenters. The highest BCUT2D eigenvalue weighted by Crippen LogP contribution is 2.55. The molecule has 1 aromatic carbocycles. The maximum absolute atomic E-state index is 12.3. The molecule has 0 aromatic heterocycles. The van der Waals surface area contributed by atoms with E-state index in [1.807, 2.05) is 0 Å². The number of rotatable bonds is 1. The smallest absolute Gasteiger partial charge is 0.231 e. The number of guanidine groups is 1. The lowest BCUT2D eigenvalue weighted by atomic mass is 9.58. The van der Waals surface area contributed by atoms with Crippen molar-refractivity contribution in [3.8, 4) is 0 Å². The van der Waals surface area contributed by atoms with Crippen molar-refractivity contribution in [2.45, 2.75) is 37.6 Å². The molecule has 114 valence electrons. The van der Waals surface area contributed by atoms with Crippen molar-refractivity contribution in [1.82, 2.24) is 4.90 Å². The third-order valence-corrected chi connectivity index (χ3v) is 5.58. The number of aliphatic imine (C=N–C) groups is 1. The van der Waals surface area contributed by atoms with Crippen molar-refractivity contribution in [2.24, 2.45) is 16.6 Å². The topological polar surface area (TPSA) is 58.7 Å². The summed E-state index contributed by atoms with van der Waals surface area (Å²) in [6.07, 6.45) is 5.06. The van der Waals surface area contributed by atoms with E-state index in [9.17, 15) is 4.79 Å². The van der Waals surface area contributed by atoms with E-state index < -0.39 is 5.54 Å². The highest BCUT2D eigenvalue weighted by molar-refractivity contribution is 5.99. The van der Waals surface area contributed by atoms with Gasteiger partial charge in [0, 0.05) is 7.05 Å². The molecular formula is C18H21N3O. The van der Waals surface area contributed by atoms with Crippen LogP contribution in [0, 0.1) is 5.92 Å². The minimum atomic E-state index is -0.495. The van der Waals surface area contributed by atoms with Gasteiger partial charge in [-0.15, -0.1) is 0 Å². The van der Waals surface area contributed by atoms with Crippen LogP contribution in [0.4, 0.5) is 0 Å². The van der Waals surface area contributed by atoms with E-state index in [1.54, 1.807) is 7.05 Å². The Hall–Kier alpha value is -2.10. The van der Waals surface area contributed by atoms with Gasteiger partial charge in [0.1, 0.15) is 0 Å². The molecule has 4 nitrogen and oxygen atoms in total. The van der Waals surface area contributed by atoms with Gasteiger partial charge in [0.25, 0.3) is 0 Å². The Bertz CT molecular complexity index is 721. The molecule has 0 bridgehead atoms.